The van der Waals surface area contributed by atoms with E-state index in [-0.39, 0.29) is 0 Å². The van der Waals surface area contributed by atoms with Crippen molar-refractivity contribution >= 4 is 60.8 Å². The third-order valence-corrected chi connectivity index (χ3v) is 14.7. The number of hydrogen-bond acceptors (Lipinski definition) is 2. The average molecular weight is 893 g/mol. The summed E-state index contributed by atoms with van der Waals surface area (Å²) in [4.78, 5) is 2.41. The molecule has 0 aliphatic heterocycles. The van der Waals surface area contributed by atoms with Gasteiger partial charge in [0.2, 0.25) is 0 Å². The molecular weight excluding hydrogens is 849 g/mol. The first kappa shape index (κ1) is 39.9. The van der Waals surface area contributed by atoms with Gasteiger partial charge in [0.15, 0.2) is 0 Å². The Morgan fingerprint density at radius 3 is 1.57 bits per heavy atom. The SMILES string of the molecule is c1ccc(C2(c3ccccc3)c3ccccc3-c3cc(N(c4ccc(-c5ccc(-n6c7ccccc7c7ccccc76)cc5)cc4)c4cccc(-c5cccc6c5oc5ccccc56)c4)ccc32)cc1. The Bertz CT molecular complexity index is 4020. The highest BCUT2D eigenvalue weighted by molar-refractivity contribution is 6.10. The van der Waals surface area contributed by atoms with Crippen molar-refractivity contribution in [3.8, 4) is 39.1 Å². The predicted molar refractivity (Wildman–Crippen MR) is 291 cm³/mol. The maximum absolute atomic E-state index is 6.59. The van der Waals surface area contributed by atoms with Crippen LogP contribution in [0.15, 0.2) is 271 Å². The highest BCUT2D eigenvalue weighted by Crippen LogP contribution is 2.57. The van der Waals surface area contributed by atoms with Gasteiger partial charge in [-0.25, -0.2) is 0 Å². The van der Waals surface area contributed by atoms with Crippen molar-refractivity contribution in [3.05, 3.63) is 289 Å². The third-order valence-electron chi connectivity index (χ3n) is 14.7. The highest BCUT2D eigenvalue weighted by Gasteiger charge is 2.46. The molecule has 328 valence electrons. The van der Waals surface area contributed by atoms with Crippen LogP contribution in [0, 0.1) is 0 Å². The largest absolute Gasteiger partial charge is 0.455 e. The lowest BCUT2D eigenvalue weighted by Crippen LogP contribution is -2.28. The summed E-state index contributed by atoms with van der Waals surface area (Å²) in [6, 6.07) is 97.2. The van der Waals surface area contributed by atoms with Crippen molar-refractivity contribution in [1.82, 2.24) is 4.57 Å². The Balaban J connectivity index is 0.913. The number of furan rings is 1. The Kier molecular flexibility index (Phi) is 9.11. The van der Waals surface area contributed by atoms with E-state index in [9.17, 15) is 0 Å². The molecule has 3 nitrogen and oxygen atoms in total. The average Bonchev–Trinajstić information content (AvgIpc) is 4.09. The summed E-state index contributed by atoms with van der Waals surface area (Å²) >= 11 is 0. The lowest BCUT2D eigenvalue weighted by Gasteiger charge is -2.34. The zero-order chi connectivity index (χ0) is 46.2. The summed E-state index contributed by atoms with van der Waals surface area (Å²) in [5.41, 5.74) is 20.1. The van der Waals surface area contributed by atoms with E-state index in [0.717, 1.165) is 66.9 Å². The molecule has 0 atom stereocenters. The Labute approximate surface area is 406 Å². The van der Waals surface area contributed by atoms with Crippen LogP contribution in [0.1, 0.15) is 22.3 Å². The van der Waals surface area contributed by atoms with Gasteiger partial charge in [-0.1, -0.05) is 200 Å². The molecule has 0 amide bonds. The van der Waals surface area contributed by atoms with Crippen LogP contribution in [0.2, 0.25) is 0 Å². The van der Waals surface area contributed by atoms with E-state index >= 15 is 0 Å². The Morgan fingerprint density at radius 2 is 0.857 bits per heavy atom. The molecule has 2 heterocycles. The molecule has 0 N–H and O–H groups in total. The molecule has 70 heavy (non-hydrogen) atoms. The molecule has 14 rings (SSSR count). The van der Waals surface area contributed by atoms with E-state index in [1.807, 2.05) is 6.07 Å². The van der Waals surface area contributed by atoms with Crippen molar-refractivity contribution in [2.45, 2.75) is 5.41 Å². The summed E-state index contributed by atoms with van der Waals surface area (Å²) < 4.78 is 8.96. The molecule has 0 unspecified atom stereocenters. The molecule has 13 aromatic rings. The Hall–Kier alpha value is -9.18. The fourth-order valence-corrected chi connectivity index (χ4v) is 11.6. The maximum Gasteiger partial charge on any atom is 0.143 e. The monoisotopic (exact) mass is 892 g/mol. The summed E-state index contributed by atoms with van der Waals surface area (Å²) in [6.07, 6.45) is 0. The van der Waals surface area contributed by atoms with Crippen LogP contribution in [-0.4, -0.2) is 4.57 Å². The minimum absolute atomic E-state index is 0.484. The zero-order valence-electron chi connectivity index (χ0n) is 38.2. The summed E-state index contributed by atoms with van der Waals surface area (Å²) in [6.45, 7) is 0. The molecule has 1 aliphatic rings. The second kappa shape index (κ2) is 16.0. The van der Waals surface area contributed by atoms with Gasteiger partial charge in [0.25, 0.3) is 0 Å². The van der Waals surface area contributed by atoms with Crippen LogP contribution >= 0.6 is 0 Å². The number of aromatic nitrogens is 1. The molecule has 0 radical (unpaired) electrons. The quantitative estimate of drug-likeness (QED) is 0.152. The normalized spacial score (nSPS) is 12.7. The van der Waals surface area contributed by atoms with Crippen LogP contribution in [-0.2, 0) is 5.41 Å². The summed E-state index contributed by atoms with van der Waals surface area (Å²) in [7, 11) is 0. The van der Waals surface area contributed by atoms with E-state index in [2.05, 4.69) is 270 Å². The van der Waals surface area contributed by atoms with E-state index in [0.29, 0.717) is 0 Å². The van der Waals surface area contributed by atoms with Crippen molar-refractivity contribution in [1.29, 1.82) is 0 Å². The fourth-order valence-electron chi connectivity index (χ4n) is 11.6. The number of nitrogens with zero attached hydrogens (tertiary/aromatic N) is 2. The van der Waals surface area contributed by atoms with E-state index in [1.165, 1.54) is 55.2 Å². The first-order valence-corrected chi connectivity index (χ1v) is 24.1. The van der Waals surface area contributed by atoms with Gasteiger partial charge in [-0.2, -0.15) is 0 Å². The van der Waals surface area contributed by atoms with Crippen LogP contribution in [0.4, 0.5) is 17.1 Å². The van der Waals surface area contributed by atoms with Crippen LogP contribution < -0.4 is 4.90 Å². The van der Waals surface area contributed by atoms with Crippen LogP contribution in [0.25, 0.3) is 82.8 Å². The third kappa shape index (κ3) is 6.08. The van der Waals surface area contributed by atoms with Gasteiger partial charge >= 0.3 is 0 Å². The molecular formula is C67H44N2O. The van der Waals surface area contributed by atoms with Gasteiger partial charge < -0.3 is 13.9 Å². The van der Waals surface area contributed by atoms with Crippen LogP contribution in [0.3, 0.4) is 0 Å². The smallest absolute Gasteiger partial charge is 0.143 e. The van der Waals surface area contributed by atoms with E-state index in [4.69, 9.17) is 4.42 Å². The predicted octanol–water partition coefficient (Wildman–Crippen LogP) is 17.8. The molecule has 0 bridgehead atoms. The van der Waals surface area contributed by atoms with Gasteiger partial charge in [0, 0.05) is 49.9 Å². The minimum atomic E-state index is -0.484. The van der Waals surface area contributed by atoms with Crippen molar-refractivity contribution < 1.29 is 4.42 Å². The number of anilines is 3. The van der Waals surface area contributed by atoms with Gasteiger partial charge in [-0.3, -0.25) is 0 Å². The number of hydrogen-bond donors (Lipinski definition) is 0. The second-order valence-electron chi connectivity index (χ2n) is 18.4. The first-order valence-electron chi connectivity index (χ1n) is 24.1. The number of para-hydroxylation sites is 4. The standard InChI is InChI=1S/C67H44N2O/c1-3-18-48(19-4-1)67(49-20-5-2-6-21-49)61-29-11-7-23-55(61)60-44-53(41-42-62(60)67)68(52-22-15-17-47(43-52)54-27-16-28-59-58-26-10-14-32-65(58)70-66(54)59)50-37-33-45(34-38-50)46-35-39-51(40-36-46)69-63-30-12-8-24-56(63)57-25-9-13-31-64(57)69/h1-44H. The molecule has 1 aliphatic carbocycles. The van der Waals surface area contributed by atoms with E-state index in [1.54, 1.807) is 0 Å². The number of fused-ring (bicyclic) bond motifs is 9. The maximum atomic E-state index is 6.59. The molecule has 3 heteroatoms. The molecule has 11 aromatic carbocycles. The fraction of sp³-hybridized carbons (Fsp3) is 0.0149. The number of rotatable bonds is 8. The van der Waals surface area contributed by atoms with Crippen molar-refractivity contribution in [3.63, 3.8) is 0 Å². The Morgan fingerprint density at radius 1 is 0.329 bits per heavy atom. The lowest BCUT2D eigenvalue weighted by atomic mass is 9.68. The molecule has 0 saturated carbocycles. The topological polar surface area (TPSA) is 21.3 Å². The molecule has 2 aromatic heterocycles. The zero-order valence-corrected chi connectivity index (χ0v) is 38.2. The molecule has 0 fully saturated rings. The van der Waals surface area contributed by atoms with Gasteiger partial charge in [0.05, 0.1) is 16.4 Å². The highest BCUT2D eigenvalue weighted by atomic mass is 16.3. The first-order chi connectivity index (χ1) is 34.7. The minimum Gasteiger partial charge on any atom is -0.455 e. The molecule has 0 spiro atoms. The van der Waals surface area contributed by atoms with Crippen molar-refractivity contribution in [2.75, 3.05) is 4.90 Å². The summed E-state index contributed by atoms with van der Waals surface area (Å²) in [5.74, 6) is 0. The summed E-state index contributed by atoms with van der Waals surface area (Å²) in [5, 5.41) is 4.77. The molecule has 0 saturated heterocycles. The number of benzene rings is 11. The van der Waals surface area contributed by atoms with Crippen molar-refractivity contribution in [2.24, 2.45) is 0 Å². The van der Waals surface area contributed by atoms with E-state index < -0.39 is 5.41 Å². The van der Waals surface area contributed by atoms with Gasteiger partial charge in [-0.15, -0.1) is 0 Å². The van der Waals surface area contributed by atoms with Gasteiger partial charge in [0.1, 0.15) is 11.2 Å². The van der Waals surface area contributed by atoms with Gasteiger partial charge in [-0.05, 0) is 117 Å². The second-order valence-corrected chi connectivity index (χ2v) is 18.4. The lowest BCUT2D eigenvalue weighted by molar-refractivity contribution is 0.670. The van der Waals surface area contributed by atoms with Crippen LogP contribution in [0.5, 0.6) is 0 Å².